The molecule has 3 heterocycles. The van der Waals surface area contributed by atoms with E-state index in [1.807, 2.05) is 31.9 Å². The number of pyridine rings is 1. The van der Waals surface area contributed by atoms with E-state index in [1.165, 1.54) is 0 Å². The van der Waals surface area contributed by atoms with Crippen LogP contribution < -0.4 is 4.90 Å². The van der Waals surface area contributed by atoms with Crippen LogP contribution in [0.15, 0.2) is 23.4 Å². The molecule has 2 aliphatic rings. The Bertz CT molecular complexity index is 641. The lowest BCUT2D eigenvalue weighted by molar-refractivity contribution is 0.0291. The van der Waals surface area contributed by atoms with Crippen LogP contribution >= 0.6 is 15.9 Å². The van der Waals surface area contributed by atoms with Crippen molar-refractivity contribution in [3.63, 3.8) is 0 Å². The lowest BCUT2D eigenvalue weighted by Gasteiger charge is -2.45. The molecule has 1 amide bonds. The number of hydrogen-bond acceptors (Lipinski definition) is 4. The predicted molar refractivity (Wildman–Crippen MR) is 94.5 cm³/mol. The molecule has 1 aromatic heterocycles. The SMILES string of the molecule is C=Cc1cc(N2C[C@@H]3CN(C(=O)OC(C)(C)C)C[C@@H]32)cnc1Br. The first-order chi connectivity index (χ1) is 10.8. The van der Waals surface area contributed by atoms with Gasteiger partial charge < -0.3 is 14.5 Å². The van der Waals surface area contributed by atoms with Crippen LogP contribution in [0.2, 0.25) is 0 Å². The number of halogens is 1. The maximum atomic E-state index is 12.2. The van der Waals surface area contributed by atoms with Gasteiger partial charge >= 0.3 is 6.09 Å². The maximum Gasteiger partial charge on any atom is 0.410 e. The number of nitrogens with zero attached hydrogens (tertiary/aromatic N) is 3. The summed E-state index contributed by atoms with van der Waals surface area (Å²) < 4.78 is 6.28. The number of hydrogen-bond donors (Lipinski definition) is 0. The third-order valence-electron chi connectivity index (χ3n) is 4.29. The summed E-state index contributed by atoms with van der Waals surface area (Å²) in [6, 6.07) is 2.43. The van der Waals surface area contributed by atoms with E-state index in [4.69, 9.17) is 4.74 Å². The smallest absolute Gasteiger partial charge is 0.410 e. The van der Waals surface area contributed by atoms with E-state index in [2.05, 4.69) is 38.5 Å². The van der Waals surface area contributed by atoms with Crippen molar-refractivity contribution in [1.29, 1.82) is 0 Å². The second kappa shape index (κ2) is 5.82. The van der Waals surface area contributed by atoms with Gasteiger partial charge in [0.2, 0.25) is 0 Å². The average molecular weight is 380 g/mol. The fraction of sp³-hybridized carbons (Fsp3) is 0.529. The molecule has 0 unspecified atom stereocenters. The second-order valence-electron chi connectivity index (χ2n) is 7.14. The highest BCUT2D eigenvalue weighted by Crippen LogP contribution is 2.37. The summed E-state index contributed by atoms with van der Waals surface area (Å²) in [5.41, 5.74) is 1.61. The van der Waals surface area contributed by atoms with Gasteiger partial charge in [-0.05, 0) is 42.8 Å². The molecule has 0 saturated carbocycles. The Hall–Kier alpha value is -1.56. The van der Waals surface area contributed by atoms with E-state index in [9.17, 15) is 4.79 Å². The van der Waals surface area contributed by atoms with Gasteiger partial charge in [0, 0.05) is 31.1 Å². The first kappa shape index (κ1) is 16.3. The van der Waals surface area contributed by atoms with Gasteiger partial charge in [-0.1, -0.05) is 12.7 Å². The zero-order chi connectivity index (χ0) is 16.8. The van der Waals surface area contributed by atoms with Gasteiger partial charge in [-0.25, -0.2) is 9.78 Å². The molecule has 2 aliphatic heterocycles. The lowest BCUT2D eigenvalue weighted by atomic mass is 9.91. The third kappa shape index (κ3) is 3.22. The number of rotatable bonds is 2. The van der Waals surface area contributed by atoms with Crippen molar-refractivity contribution in [1.82, 2.24) is 9.88 Å². The normalized spacial score (nSPS) is 23.3. The van der Waals surface area contributed by atoms with Crippen LogP contribution in [0.3, 0.4) is 0 Å². The number of aromatic nitrogens is 1. The van der Waals surface area contributed by atoms with Gasteiger partial charge in [0.25, 0.3) is 0 Å². The monoisotopic (exact) mass is 379 g/mol. The number of likely N-dealkylation sites (tertiary alicyclic amines) is 1. The molecule has 5 nitrogen and oxygen atoms in total. The van der Waals surface area contributed by atoms with Crippen LogP contribution in [0.5, 0.6) is 0 Å². The first-order valence-corrected chi connectivity index (χ1v) is 8.60. The van der Waals surface area contributed by atoms with Crippen LogP contribution in [0.25, 0.3) is 6.08 Å². The molecule has 0 aliphatic carbocycles. The Morgan fingerprint density at radius 3 is 2.83 bits per heavy atom. The van der Waals surface area contributed by atoms with Crippen molar-refractivity contribution in [3.8, 4) is 0 Å². The number of fused-ring (bicyclic) bond motifs is 1. The summed E-state index contributed by atoms with van der Waals surface area (Å²) in [7, 11) is 0. The Morgan fingerprint density at radius 2 is 2.17 bits per heavy atom. The minimum absolute atomic E-state index is 0.215. The van der Waals surface area contributed by atoms with E-state index >= 15 is 0 Å². The molecule has 2 fully saturated rings. The molecule has 0 radical (unpaired) electrons. The van der Waals surface area contributed by atoms with Crippen LogP contribution in [0.4, 0.5) is 10.5 Å². The molecule has 2 saturated heterocycles. The Balaban J connectivity index is 1.68. The molecular weight excluding hydrogens is 358 g/mol. The van der Waals surface area contributed by atoms with E-state index in [-0.39, 0.29) is 6.09 Å². The summed E-state index contributed by atoms with van der Waals surface area (Å²) >= 11 is 3.42. The van der Waals surface area contributed by atoms with E-state index in [0.29, 0.717) is 18.5 Å². The minimum atomic E-state index is -0.451. The van der Waals surface area contributed by atoms with E-state index in [1.54, 1.807) is 6.08 Å². The Morgan fingerprint density at radius 1 is 1.43 bits per heavy atom. The molecule has 1 aromatic rings. The first-order valence-electron chi connectivity index (χ1n) is 7.81. The molecule has 124 valence electrons. The summed E-state index contributed by atoms with van der Waals surface area (Å²) in [4.78, 5) is 20.7. The molecular formula is C17H22BrN3O2. The van der Waals surface area contributed by atoms with Gasteiger partial charge in [0.05, 0.1) is 17.9 Å². The van der Waals surface area contributed by atoms with Crippen LogP contribution in [-0.4, -0.2) is 47.3 Å². The van der Waals surface area contributed by atoms with Crippen molar-refractivity contribution in [3.05, 3.63) is 29.0 Å². The summed E-state index contributed by atoms with van der Waals surface area (Å²) in [6.07, 6.45) is 3.44. The van der Waals surface area contributed by atoms with Gasteiger partial charge in [-0.15, -0.1) is 0 Å². The van der Waals surface area contributed by atoms with E-state index < -0.39 is 5.60 Å². The quantitative estimate of drug-likeness (QED) is 0.737. The number of amides is 1. The number of ether oxygens (including phenoxy) is 1. The molecule has 0 bridgehead atoms. The highest BCUT2D eigenvalue weighted by atomic mass is 79.9. The van der Waals surface area contributed by atoms with Crippen LogP contribution in [0, 0.1) is 5.92 Å². The fourth-order valence-corrected chi connectivity index (χ4v) is 3.54. The Kier molecular flexibility index (Phi) is 4.12. The summed E-state index contributed by atoms with van der Waals surface area (Å²) in [5.74, 6) is 0.512. The average Bonchev–Trinajstić information content (AvgIpc) is 2.77. The number of anilines is 1. The standard InChI is InChI=1S/C17H22BrN3O2/c1-5-11-6-13(7-19-15(11)18)21-9-12-8-20(10-14(12)21)16(22)23-17(2,3)4/h5-7,12,14H,1,8-10H2,2-4H3/t12-,14-/m0/s1. The zero-order valence-electron chi connectivity index (χ0n) is 13.8. The highest BCUT2D eigenvalue weighted by molar-refractivity contribution is 9.10. The predicted octanol–water partition coefficient (Wildman–Crippen LogP) is 3.54. The second-order valence-corrected chi connectivity index (χ2v) is 7.89. The summed E-state index contributed by atoms with van der Waals surface area (Å²) in [5, 5.41) is 0. The largest absolute Gasteiger partial charge is 0.444 e. The zero-order valence-corrected chi connectivity index (χ0v) is 15.3. The van der Waals surface area contributed by atoms with Crippen molar-refractivity contribution < 1.29 is 9.53 Å². The molecule has 3 rings (SSSR count). The van der Waals surface area contributed by atoms with Crippen molar-refractivity contribution in [2.24, 2.45) is 5.92 Å². The van der Waals surface area contributed by atoms with E-state index in [0.717, 1.165) is 28.9 Å². The minimum Gasteiger partial charge on any atom is -0.444 e. The molecule has 0 spiro atoms. The van der Waals surface area contributed by atoms with Crippen LogP contribution in [0.1, 0.15) is 26.3 Å². The fourth-order valence-electron chi connectivity index (χ4n) is 3.16. The summed E-state index contributed by atoms with van der Waals surface area (Å²) in [6.45, 7) is 11.9. The molecule has 6 heteroatoms. The maximum absolute atomic E-state index is 12.2. The molecule has 2 atom stereocenters. The number of carbonyl (C=O) groups excluding carboxylic acids is 1. The molecule has 23 heavy (non-hydrogen) atoms. The van der Waals surface area contributed by atoms with Gasteiger partial charge in [-0.3, -0.25) is 0 Å². The third-order valence-corrected chi connectivity index (χ3v) is 4.96. The lowest BCUT2D eigenvalue weighted by Crippen LogP contribution is -2.55. The van der Waals surface area contributed by atoms with Crippen molar-refractivity contribution in [2.75, 3.05) is 24.5 Å². The topological polar surface area (TPSA) is 45.7 Å². The molecule has 0 aromatic carbocycles. The van der Waals surface area contributed by atoms with Crippen LogP contribution in [-0.2, 0) is 4.74 Å². The number of carbonyl (C=O) groups is 1. The van der Waals surface area contributed by atoms with Gasteiger partial charge in [0.15, 0.2) is 0 Å². The van der Waals surface area contributed by atoms with Crippen molar-refractivity contribution >= 4 is 33.8 Å². The van der Waals surface area contributed by atoms with Crippen molar-refractivity contribution in [2.45, 2.75) is 32.4 Å². The van der Waals surface area contributed by atoms with Gasteiger partial charge in [0.1, 0.15) is 10.2 Å². The molecule has 0 N–H and O–H groups in total. The van der Waals surface area contributed by atoms with Gasteiger partial charge in [-0.2, -0.15) is 0 Å². The highest BCUT2D eigenvalue weighted by Gasteiger charge is 2.47. The Labute approximate surface area is 145 Å².